The van der Waals surface area contributed by atoms with Gasteiger partial charge in [-0.05, 0) is 24.0 Å². The molecule has 1 amide bonds. The number of hydrogen-bond donors (Lipinski definition) is 2. The van der Waals surface area contributed by atoms with E-state index in [2.05, 4.69) is 30.4 Å². The second kappa shape index (κ2) is 4.53. The molecule has 0 spiro atoms. The molecule has 1 fully saturated rings. The van der Waals surface area contributed by atoms with Gasteiger partial charge in [0.1, 0.15) is 0 Å². The summed E-state index contributed by atoms with van der Waals surface area (Å²) in [6.45, 7) is 3.87. The SMILES string of the molecule is CC1(C2CC(CC(N)=O)Nc3ccccc32)COC1. The molecule has 3 N–H and O–H groups in total. The van der Waals surface area contributed by atoms with Crippen molar-refractivity contribution in [3.63, 3.8) is 0 Å². The summed E-state index contributed by atoms with van der Waals surface area (Å²) in [6.07, 6.45) is 1.33. The van der Waals surface area contributed by atoms with Gasteiger partial charge in [0.15, 0.2) is 0 Å². The van der Waals surface area contributed by atoms with E-state index < -0.39 is 0 Å². The third-order valence-electron chi connectivity index (χ3n) is 4.37. The lowest BCUT2D eigenvalue weighted by Crippen LogP contribution is -2.48. The molecule has 102 valence electrons. The van der Waals surface area contributed by atoms with Crippen LogP contribution in [0.5, 0.6) is 0 Å². The highest BCUT2D eigenvalue weighted by molar-refractivity contribution is 5.75. The zero-order valence-electron chi connectivity index (χ0n) is 11.2. The van der Waals surface area contributed by atoms with Crippen LogP contribution in [0.2, 0.25) is 0 Å². The van der Waals surface area contributed by atoms with Crippen LogP contribution < -0.4 is 11.1 Å². The van der Waals surface area contributed by atoms with Crippen LogP contribution >= 0.6 is 0 Å². The number of benzene rings is 1. The van der Waals surface area contributed by atoms with Crippen molar-refractivity contribution < 1.29 is 9.53 Å². The molecule has 0 radical (unpaired) electrons. The average molecular weight is 260 g/mol. The maximum absolute atomic E-state index is 11.2. The summed E-state index contributed by atoms with van der Waals surface area (Å²) in [6, 6.07) is 8.49. The number of para-hydroxylation sites is 1. The highest BCUT2D eigenvalue weighted by Gasteiger charge is 2.45. The minimum Gasteiger partial charge on any atom is -0.382 e. The van der Waals surface area contributed by atoms with Crippen LogP contribution in [0.15, 0.2) is 24.3 Å². The topological polar surface area (TPSA) is 64.4 Å². The van der Waals surface area contributed by atoms with Gasteiger partial charge < -0.3 is 15.8 Å². The molecule has 2 unspecified atom stereocenters. The lowest BCUT2D eigenvalue weighted by Gasteiger charge is -2.48. The molecular weight excluding hydrogens is 240 g/mol. The summed E-state index contributed by atoms with van der Waals surface area (Å²) < 4.78 is 5.41. The number of hydrogen-bond acceptors (Lipinski definition) is 3. The van der Waals surface area contributed by atoms with Crippen LogP contribution in [0.3, 0.4) is 0 Å². The first-order valence-corrected chi connectivity index (χ1v) is 6.80. The van der Waals surface area contributed by atoms with E-state index in [0.717, 1.165) is 25.3 Å². The Morgan fingerprint density at radius 1 is 1.47 bits per heavy atom. The first-order valence-electron chi connectivity index (χ1n) is 6.80. The second-order valence-corrected chi connectivity index (χ2v) is 6.03. The summed E-state index contributed by atoms with van der Waals surface area (Å²) in [7, 11) is 0. The minimum absolute atomic E-state index is 0.134. The van der Waals surface area contributed by atoms with Gasteiger partial charge in [-0.1, -0.05) is 25.1 Å². The van der Waals surface area contributed by atoms with Crippen LogP contribution in [0.1, 0.15) is 31.2 Å². The van der Waals surface area contributed by atoms with E-state index >= 15 is 0 Å². The second-order valence-electron chi connectivity index (χ2n) is 6.03. The van der Waals surface area contributed by atoms with Gasteiger partial charge in [-0.15, -0.1) is 0 Å². The van der Waals surface area contributed by atoms with Gasteiger partial charge in [-0.25, -0.2) is 0 Å². The molecule has 2 aliphatic heterocycles. The van der Waals surface area contributed by atoms with E-state index in [1.54, 1.807) is 0 Å². The van der Waals surface area contributed by atoms with Crippen molar-refractivity contribution >= 4 is 11.6 Å². The van der Waals surface area contributed by atoms with Gasteiger partial charge >= 0.3 is 0 Å². The summed E-state index contributed by atoms with van der Waals surface area (Å²) >= 11 is 0. The van der Waals surface area contributed by atoms with Gasteiger partial charge in [-0.3, -0.25) is 4.79 Å². The number of ether oxygens (including phenoxy) is 1. The number of rotatable bonds is 3. The van der Waals surface area contributed by atoms with Crippen molar-refractivity contribution in [1.29, 1.82) is 0 Å². The number of fused-ring (bicyclic) bond motifs is 1. The number of nitrogens with two attached hydrogens (primary N) is 1. The predicted octanol–water partition coefficient (Wildman–Crippen LogP) is 1.87. The first-order chi connectivity index (χ1) is 9.08. The summed E-state index contributed by atoms with van der Waals surface area (Å²) in [5, 5.41) is 3.44. The minimum atomic E-state index is -0.245. The molecule has 4 nitrogen and oxygen atoms in total. The van der Waals surface area contributed by atoms with Crippen LogP contribution in [-0.2, 0) is 9.53 Å². The Labute approximate surface area is 113 Å². The fourth-order valence-corrected chi connectivity index (χ4v) is 3.29. The smallest absolute Gasteiger partial charge is 0.219 e. The standard InChI is InChI=1S/C15H20N2O2/c1-15(8-19-9-15)12-6-10(7-14(16)18)17-13-5-3-2-4-11(12)13/h2-5,10,12,17H,6-9H2,1H3,(H2,16,18). The lowest BCUT2D eigenvalue weighted by molar-refractivity contribution is -0.122. The molecule has 1 aromatic carbocycles. The van der Waals surface area contributed by atoms with Gasteiger partial charge in [0.05, 0.1) is 13.2 Å². The van der Waals surface area contributed by atoms with Crippen LogP contribution in [0, 0.1) is 5.41 Å². The number of carbonyl (C=O) groups excluding carboxylic acids is 1. The highest BCUT2D eigenvalue weighted by atomic mass is 16.5. The van der Waals surface area contributed by atoms with Gasteiger partial charge in [0.2, 0.25) is 5.91 Å². The monoisotopic (exact) mass is 260 g/mol. The third kappa shape index (κ3) is 2.21. The van der Waals surface area contributed by atoms with Gasteiger partial charge in [-0.2, -0.15) is 0 Å². The Hall–Kier alpha value is -1.55. The van der Waals surface area contributed by atoms with E-state index in [0.29, 0.717) is 12.3 Å². The van der Waals surface area contributed by atoms with Crippen LogP contribution in [-0.4, -0.2) is 25.2 Å². The molecule has 0 bridgehead atoms. The zero-order chi connectivity index (χ0) is 13.5. The van der Waals surface area contributed by atoms with Crippen molar-refractivity contribution in [3.8, 4) is 0 Å². The Balaban J connectivity index is 1.91. The fourth-order valence-electron chi connectivity index (χ4n) is 3.29. The predicted molar refractivity (Wildman–Crippen MR) is 73.9 cm³/mol. The van der Waals surface area contributed by atoms with Crippen molar-refractivity contribution in [2.24, 2.45) is 11.1 Å². The van der Waals surface area contributed by atoms with E-state index in [-0.39, 0.29) is 17.4 Å². The number of carbonyl (C=O) groups is 1. The molecule has 1 saturated heterocycles. The summed E-state index contributed by atoms with van der Waals surface area (Å²) in [4.78, 5) is 11.2. The summed E-state index contributed by atoms with van der Waals surface area (Å²) in [5.74, 6) is 0.189. The van der Waals surface area contributed by atoms with E-state index in [1.165, 1.54) is 5.56 Å². The van der Waals surface area contributed by atoms with Crippen molar-refractivity contribution in [1.82, 2.24) is 0 Å². The number of nitrogens with one attached hydrogen (secondary N) is 1. The molecule has 1 aromatic rings. The highest BCUT2D eigenvalue weighted by Crippen LogP contribution is 2.49. The Morgan fingerprint density at radius 2 is 2.21 bits per heavy atom. The lowest BCUT2D eigenvalue weighted by atomic mass is 9.67. The Morgan fingerprint density at radius 3 is 2.84 bits per heavy atom. The molecular formula is C15H20N2O2. The average Bonchev–Trinajstić information content (AvgIpc) is 2.34. The number of amides is 1. The van der Waals surface area contributed by atoms with Crippen molar-refractivity contribution in [3.05, 3.63) is 29.8 Å². The maximum atomic E-state index is 11.2. The molecule has 2 atom stereocenters. The largest absolute Gasteiger partial charge is 0.382 e. The molecule has 4 heteroatoms. The van der Waals surface area contributed by atoms with E-state index in [9.17, 15) is 4.79 Å². The zero-order valence-corrected chi connectivity index (χ0v) is 11.2. The van der Waals surface area contributed by atoms with Gasteiger partial charge in [0, 0.05) is 23.6 Å². The van der Waals surface area contributed by atoms with Crippen LogP contribution in [0.25, 0.3) is 0 Å². The van der Waals surface area contributed by atoms with Crippen molar-refractivity contribution in [2.75, 3.05) is 18.5 Å². The van der Waals surface area contributed by atoms with Crippen molar-refractivity contribution in [2.45, 2.75) is 31.7 Å². The quantitative estimate of drug-likeness (QED) is 0.872. The molecule has 2 aliphatic rings. The molecule has 19 heavy (non-hydrogen) atoms. The first kappa shape index (κ1) is 12.5. The third-order valence-corrected chi connectivity index (χ3v) is 4.37. The molecule has 3 rings (SSSR count). The fraction of sp³-hybridized carbons (Fsp3) is 0.533. The van der Waals surface area contributed by atoms with Crippen LogP contribution in [0.4, 0.5) is 5.69 Å². The Kier molecular flexibility index (Phi) is 2.97. The number of anilines is 1. The van der Waals surface area contributed by atoms with E-state index in [4.69, 9.17) is 10.5 Å². The maximum Gasteiger partial charge on any atom is 0.219 e. The van der Waals surface area contributed by atoms with E-state index in [1.807, 2.05) is 6.07 Å². The molecule has 2 heterocycles. The van der Waals surface area contributed by atoms with Gasteiger partial charge in [0.25, 0.3) is 0 Å². The number of primary amides is 1. The normalized spacial score (nSPS) is 27.8. The summed E-state index contributed by atoms with van der Waals surface area (Å²) in [5.41, 5.74) is 8.01. The Bertz CT molecular complexity index is 497. The molecule has 0 saturated carbocycles. The molecule has 0 aromatic heterocycles. The molecule has 0 aliphatic carbocycles.